The number of nitrogens with one attached hydrogen (secondary N) is 2. The number of ether oxygens (including phenoxy) is 1. The molecule has 0 aliphatic heterocycles. The van der Waals surface area contributed by atoms with Crippen LogP contribution in [0.1, 0.15) is 26.3 Å². The molecule has 0 atom stereocenters. The Kier molecular flexibility index (Phi) is 6.66. The highest BCUT2D eigenvalue weighted by molar-refractivity contribution is 6.02. The maximum atomic E-state index is 14.0. The van der Waals surface area contributed by atoms with Gasteiger partial charge in [0.15, 0.2) is 0 Å². The molecule has 8 nitrogen and oxygen atoms in total. The van der Waals surface area contributed by atoms with Gasteiger partial charge in [-0.2, -0.15) is 0 Å². The van der Waals surface area contributed by atoms with Crippen LogP contribution in [0.2, 0.25) is 0 Å². The summed E-state index contributed by atoms with van der Waals surface area (Å²) in [5, 5.41) is 15.8. The second-order valence-electron chi connectivity index (χ2n) is 6.96. The zero-order valence-corrected chi connectivity index (χ0v) is 16.1. The molecule has 9 heteroatoms. The molecule has 2 aromatic carbocycles. The van der Waals surface area contributed by atoms with Crippen molar-refractivity contribution < 1.29 is 23.6 Å². The molecule has 2 N–H and O–H groups in total. The van der Waals surface area contributed by atoms with Crippen LogP contribution in [0.4, 0.5) is 26.2 Å². The van der Waals surface area contributed by atoms with Crippen LogP contribution in [-0.4, -0.2) is 22.5 Å². The third-order valence-corrected chi connectivity index (χ3v) is 3.42. The molecule has 0 heterocycles. The summed E-state index contributed by atoms with van der Waals surface area (Å²) in [7, 11) is 0. The van der Waals surface area contributed by atoms with E-state index in [1.54, 1.807) is 26.8 Å². The van der Waals surface area contributed by atoms with Gasteiger partial charge in [-0.3, -0.25) is 20.2 Å². The third kappa shape index (κ3) is 6.73. The topological polar surface area (TPSA) is 111 Å². The van der Waals surface area contributed by atoms with Gasteiger partial charge >= 0.3 is 6.09 Å². The van der Waals surface area contributed by atoms with Crippen LogP contribution in [-0.2, 0) is 9.53 Å². The van der Waals surface area contributed by atoms with E-state index in [0.717, 1.165) is 12.1 Å². The van der Waals surface area contributed by atoms with E-state index in [4.69, 9.17) is 4.74 Å². The number of benzene rings is 2. The lowest BCUT2D eigenvalue weighted by atomic mass is 10.1. The maximum absolute atomic E-state index is 14.0. The number of nitrogens with zero attached hydrogens (tertiary/aromatic N) is 1. The van der Waals surface area contributed by atoms with Crippen molar-refractivity contribution in [2.75, 3.05) is 10.6 Å². The zero-order chi connectivity index (χ0) is 21.6. The summed E-state index contributed by atoms with van der Waals surface area (Å²) in [6.45, 7) is 5.10. The average molecular weight is 401 g/mol. The Hall–Kier alpha value is -3.75. The van der Waals surface area contributed by atoms with E-state index >= 15 is 0 Å². The predicted molar refractivity (Wildman–Crippen MR) is 107 cm³/mol. The molecule has 2 aromatic rings. The van der Waals surface area contributed by atoms with E-state index in [0.29, 0.717) is 0 Å². The first-order chi connectivity index (χ1) is 13.5. The first-order valence-electron chi connectivity index (χ1n) is 8.57. The molecule has 0 fully saturated rings. The molecular weight excluding hydrogens is 381 g/mol. The fourth-order valence-electron chi connectivity index (χ4n) is 2.25. The van der Waals surface area contributed by atoms with Crippen LogP contribution in [0.15, 0.2) is 48.5 Å². The lowest BCUT2D eigenvalue weighted by Crippen LogP contribution is -2.27. The van der Waals surface area contributed by atoms with Crippen molar-refractivity contribution in [1.82, 2.24) is 0 Å². The van der Waals surface area contributed by atoms with Gasteiger partial charge in [0.25, 0.3) is 5.69 Å². The molecule has 0 saturated heterocycles. The number of para-hydroxylation sites is 1. The summed E-state index contributed by atoms with van der Waals surface area (Å²) in [5.74, 6) is -1.41. The molecule has 0 radical (unpaired) electrons. The molecule has 29 heavy (non-hydrogen) atoms. The number of carbonyl (C=O) groups excluding carboxylic acids is 2. The molecule has 2 amide bonds. The minimum absolute atomic E-state index is 0.161. The fraction of sp³-hybridized carbons (Fsp3) is 0.200. The Bertz CT molecular complexity index is 967. The molecule has 2 rings (SSSR count). The average Bonchev–Trinajstić information content (AvgIpc) is 2.61. The number of amides is 2. The van der Waals surface area contributed by atoms with E-state index in [1.807, 2.05) is 0 Å². The molecule has 0 saturated carbocycles. The zero-order valence-electron chi connectivity index (χ0n) is 16.1. The van der Waals surface area contributed by atoms with Crippen molar-refractivity contribution in [3.05, 3.63) is 70.0 Å². The smallest absolute Gasteiger partial charge is 0.412 e. The molecule has 0 unspecified atom stereocenters. The van der Waals surface area contributed by atoms with Gasteiger partial charge in [0.2, 0.25) is 5.91 Å². The number of rotatable bonds is 5. The summed E-state index contributed by atoms with van der Waals surface area (Å²) in [4.78, 5) is 34.3. The van der Waals surface area contributed by atoms with Crippen LogP contribution >= 0.6 is 0 Å². The molecule has 0 aliphatic carbocycles. The summed E-state index contributed by atoms with van der Waals surface area (Å²) < 4.78 is 19.1. The lowest BCUT2D eigenvalue weighted by Gasteiger charge is -2.19. The molecule has 152 valence electrons. The van der Waals surface area contributed by atoms with Crippen molar-refractivity contribution in [2.24, 2.45) is 0 Å². The van der Waals surface area contributed by atoms with Gasteiger partial charge in [0.05, 0.1) is 16.2 Å². The van der Waals surface area contributed by atoms with Gasteiger partial charge in [0, 0.05) is 17.8 Å². The number of nitro benzene ring substituents is 1. The number of hydrogen-bond donors (Lipinski definition) is 2. The van der Waals surface area contributed by atoms with Crippen LogP contribution in [0, 0.1) is 15.9 Å². The molecule has 0 bridgehead atoms. The Balaban J connectivity index is 2.10. The number of hydrogen-bond acceptors (Lipinski definition) is 5. The SMILES string of the molecule is CC(C)(C)OC(=O)Nc1ccc(F)c(NC(=O)C=Cc2ccccc2[N+](=O)[O-])c1. The molecular formula is C20H20FN3O5. The fourth-order valence-corrected chi connectivity index (χ4v) is 2.25. The van der Waals surface area contributed by atoms with Gasteiger partial charge in [-0.1, -0.05) is 12.1 Å². The minimum Gasteiger partial charge on any atom is -0.444 e. The first kappa shape index (κ1) is 21.5. The highest BCUT2D eigenvalue weighted by Gasteiger charge is 2.17. The maximum Gasteiger partial charge on any atom is 0.412 e. The van der Waals surface area contributed by atoms with Crippen molar-refractivity contribution in [2.45, 2.75) is 26.4 Å². The number of anilines is 2. The van der Waals surface area contributed by atoms with Crippen LogP contribution in [0.5, 0.6) is 0 Å². The molecule has 0 aromatic heterocycles. The van der Waals surface area contributed by atoms with Crippen molar-refractivity contribution in [1.29, 1.82) is 0 Å². The highest BCUT2D eigenvalue weighted by Crippen LogP contribution is 2.22. The van der Waals surface area contributed by atoms with E-state index < -0.39 is 28.3 Å². The van der Waals surface area contributed by atoms with E-state index in [-0.39, 0.29) is 22.6 Å². The standard InChI is InChI=1S/C20H20FN3O5/c1-20(2,3)29-19(26)22-14-9-10-15(21)16(12-14)23-18(25)11-8-13-6-4-5-7-17(13)24(27)28/h4-12H,1-3H3,(H,22,26)(H,23,25). The van der Waals surface area contributed by atoms with Gasteiger partial charge < -0.3 is 10.1 Å². The summed E-state index contributed by atoms with van der Waals surface area (Å²) >= 11 is 0. The monoisotopic (exact) mass is 401 g/mol. The van der Waals surface area contributed by atoms with Crippen LogP contribution in [0.3, 0.4) is 0 Å². The molecule has 0 spiro atoms. The van der Waals surface area contributed by atoms with Crippen LogP contribution < -0.4 is 10.6 Å². The lowest BCUT2D eigenvalue weighted by molar-refractivity contribution is -0.385. The van der Waals surface area contributed by atoms with Crippen LogP contribution in [0.25, 0.3) is 6.08 Å². The number of nitro groups is 1. The summed E-state index contributed by atoms with van der Waals surface area (Å²) in [6, 6.07) is 9.52. The van der Waals surface area contributed by atoms with E-state index in [2.05, 4.69) is 10.6 Å². The van der Waals surface area contributed by atoms with Gasteiger partial charge in [0.1, 0.15) is 11.4 Å². The van der Waals surface area contributed by atoms with E-state index in [1.165, 1.54) is 36.4 Å². The van der Waals surface area contributed by atoms with Gasteiger partial charge in [-0.25, -0.2) is 9.18 Å². The Morgan fingerprint density at radius 1 is 1.14 bits per heavy atom. The summed E-state index contributed by atoms with van der Waals surface area (Å²) in [5.41, 5.74) is -0.583. The first-order valence-corrected chi connectivity index (χ1v) is 8.57. The molecule has 0 aliphatic rings. The third-order valence-electron chi connectivity index (χ3n) is 3.42. The predicted octanol–water partition coefficient (Wildman–Crippen LogP) is 4.73. The second kappa shape index (κ2) is 8.96. The van der Waals surface area contributed by atoms with Gasteiger partial charge in [-0.05, 0) is 51.1 Å². The van der Waals surface area contributed by atoms with E-state index in [9.17, 15) is 24.1 Å². The minimum atomic E-state index is -0.724. The van der Waals surface area contributed by atoms with Gasteiger partial charge in [-0.15, -0.1) is 0 Å². The number of carbonyl (C=O) groups is 2. The second-order valence-corrected chi connectivity index (χ2v) is 6.96. The Labute approximate surface area is 166 Å². The quantitative estimate of drug-likeness (QED) is 0.427. The Morgan fingerprint density at radius 2 is 1.83 bits per heavy atom. The van der Waals surface area contributed by atoms with Crippen molar-refractivity contribution in [3.63, 3.8) is 0 Å². The highest BCUT2D eigenvalue weighted by atomic mass is 19.1. The van der Waals surface area contributed by atoms with Crippen molar-refractivity contribution in [3.8, 4) is 0 Å². The van der Waals surface area contributed by atoms with Crippen molar-refractivity contribution >= 4 is 35.1 Å². The number of halogens is 1. The Morgan fingerprint density at radius 3 is 2.48 bits per heavy atom. The largest absolute Gasteiger partial charge is 0.444 e. The summed E-state index contributed by atoms with van der Waals surface area (Å²) in [6.07, 6.45) is 1.59. The normalized spacial score (nSPS) is 11.2.